The predicted octanol–water partition coefficient (Wildman–Crippen LogP) is 1.73. The first-order chi connectivity index (χ1) is 9.89. The van der Waals surface area contributed by atoms with E-state index in [9.17, 15) is 17.6 Å². The van der Waals surface area contributed by atoms with E-state index in [4.69, 9.17) is 0 Å². The Kier molecular flexibility index (Phi) is 4.81. The van der Waals surface area contributed by atoms with Gasteiger partial charge in [-0.25, -0.2) is 9.37 Å². The predicted molar refractivity (Wildman–Crippen MR) is 70.9 cm³/mol. The topological polar surface area (TPSA) is 44.3 Å². The summed E-state index contributed by atoms with van der Waals surface area (Å²) < 4.78 is 50.7. The molecule has 118 valence electrons. The summed E-state index contributed by atoms with van der Waals surface area (Å²) >= 11 is 0. The van der Waals surface area contributed by atoms with Crippen LogP contribution in [0.1, 0.15) is 6.92 Å². The van der Waals surface area contributed by atoms with Gasteiger partial charge in [0.05, 0.1) is 12.7 Å². The molecule has 0 bridgehead atoms. The van der Waals surface area contributed by atoms with Crippen LogP contribution in [0.4, 0.5) is 29.3 Å². The van der Waals surface area contributed by atoms with Crippen molar-refractivity contribution in [3.05, 3.63) is 12.0 Å². The fourth-order valence-corrected chi connectivity index (χ4v) is 2.19. The normalized spacial score (nSPS) is 17.1. The first kappa shape index (κ1) is 15.7. The van der Waals surface area contributed by atoms with Crippen molar-refractivity contribution in [1.82, 2.24) is 14.9 Å². The van der Waals surface area contributed by atoms with Crippen LogP contribution in [-0.4, -0.2) is 60.3 Å². The fourth-order valence-electron chi connectivity index (χ4n) is 2.19. The average molecular weight is 307 g/mol. The van der Waals surface area contributed by atoms with Crippen molar-refractivity contribution in [3.8, 4) is 0 Å². The zero-order valence-electron chi connectivity index (χ0n) is 11.6. The number of piperazine rings is 1. The monoisotopic (exact) mass is 307 g/mol. The van der Waals surface area contributed by atoms with Gasteiger partial charge in [-0.3, -0.25) is 4.90 Å². The van der Waals surface area contributed by atoms with E-state index in [1.165, 1.54) is 4.90 Å². The van der Waals surface area contributed by atoms with E-state index in [2.05, 4.69) is 15.3 Å². The Labute approximate surface area is 120 Å². The zero-order chi connectivity index (χ0) is 15.5. The molecule has 9 heteroatoms. The fraction of sp³-hybridized carbons (Fsp3) is 0.667. The molecule has 0 aromatic carbocycles. The van der Waals surface area contributed by atoms with Gasteiger partial charge in [-0.05, 0) is 6.92 Å². The quantitative estimate of drug-likeness (QED) is 0.858. The highest BCUT2D eigenvalue weighted by Crippen LogP contribution is 2.21. The number of halogens is 4. The number of anilines is 2. The number of alkyl halides is 3. The number of hydrogen-bond donors (Lipinski definition) is 1. The van der Waals surface area contributed by atoms with Crippen molar-refractivity contribution in [3.63, 3.8) is 0 Å². The summed E-state index contributed by atoms with van der Waals surface area (Å²) in [7, 11) is 0. The Hall–Kier alpha value is -1.64. The van der Waals surface area contributed by atoms with E-state index < -0.39 is 18.5 Å². The number of aromatic nitrogens is 2. The van der Waals surface area contributed by atoms with Gasteiger partial charge in [0, 0.05) is 32.7 Å². The highest BCUT2D eigenvalue weighted by molar-refractivity contribution is 5.44. The molecule has 1 aliphatic heterocycles. The van der Waals surface area contributed by atoms with Gasteiger partial charge in [-0.15, -0.1) is 0 Å². The van der Waals surface area contributed by atoms with Crippen molar-refractivity contribution >= 4 is 11.8 Å². The van der Waals surface area contributed by atoms with Crippen LogP contribution in [0, 0.1) is 5.82 Å². The number of hydrogen-bond acceptors (Lipinski definition) is 5. The highest BCUT2D eigenvalue weighted by atomic mass is 19.4. The minimum atomic E-state index is -4.21. The van der Waals surface area contributed by atoms with Gasteiger partial charge in [0.15, 0.2) is 11.6 Å². The Bertz CT molecular complexity index is 471. The first-order valence-corrected chi connectivity index (χ1v) is 6.69. The number of rotatable bonds is 4. The second-order valence-corrected chi connectivity index (χ2v) is 4.77. The molecule has 2 rings (SSSR count). The second-order valence-electron chi connectivity index (χ2n) is 4.77. The molecule has 1 aromatic heterocycles. The van der Waals surface area contributed by atoms with Crippen molar-refractivity contribution in [2.45, 2.75) is 13.1 Å². The van der Waals surface area contributed by atoms with E-state index in [0.717, 1.165) is 6.20 Å². The zero-order valence-corrected chi connectivity index (χ0v) is 11.6. The first-order valence-electron chi connectivity index (χ1n) is 6.69. The molecule has 1 aromatic rings. The lowest BCUT2D eigenvalue weighted by Gasteiger charge is -2.35. The van der Waals surface area contributed by atoms with Gasteiger partial charge in [0.1, 0.15) is 0 Å². The molecule has 0 atom stereocenters. The standard InChI is InChI=1S/C12H17F4N5/c1-2-17-11-18-7-9(13)10(19-11)21-5-3-20(4-6-21)8-12(14,15)16/h7H,2-6,8H2,1H3,(H,17,18,19). The summed E-state index contributed by atoms with van der Waals surface area (Å²) in [4.78, 5) is 10.8. The van der Waals surface area contributed by atoms with Crippen LogP contribution in [-0.2, 0) is 0 Å². The van der Waals surface area contributed by atoms with Crippen LogP contribution >= 0.6 is 0 Å². The molecule has 0 unspecified atom stereocenters. The van der Waals surface area contributed by atoms with E-state index in [-0.39, 0.29) is 18.9 Å². The lowest BCUT2D eigenvalue weighted by Crippen LogP contribution is -2.49. The number of nitrogens with one attached hydrogen (secondary N) is 1. The molecule has 0 saturated carbocycles. The molecule has 0 spiro atoms. The third kappa shape index (κ3) is 4.42. The SMILES string of the molecule is CCNc1ncc(F)c(N2CCN(CC(F)(F)F)CC2)n1. The Morgan fingerprint density at radius 3 is 2.48 bits per heavy atom. The molecule has 0 radical (unpaired) electrons. The molecule has 2 heterocycles. The van der Waals surface area contributed by atoms with Crippen molar-refractivity contribution in [1.29, 1.82) is 0 Å². The largest absolute Gasteiger partial charge is 0.401 e. The van der Waals surface area contributed by atoms with Crippen LogP contribution in [0.3, 0.4) is 0 Å². The van der Waals surface area contributed by atoms with E-state index >= 15 is 0 Å². The lowest BCUT2D eigenvalue weighted by atomic mass is 10.3. The van der Waals surface area contributed by atoms with Gasteiger partial charge in [-0.2, -0.15) is 18.2 Å². The van der Waals surface area contributed by atoms with Crippen molar-refractivity contribution < 1.29 is 17.6 Å². The van der Waals surface area contributed by atoms with Gasteiger partial charge in [-0.1, -0.05) is 0 Å². The molecular weight excluding hydrogens is 290 g/mol. The summed E-state index contributed by atoms with van der Waals surface area (Å²) in [5.41, 5.74) is 0. The smallest absolute Gasteiger partial charge is 0.354 e. The Balaban J connectivity index is 2.00. The van der Waals surface area contributed by atoms with Crippen molar-refractivity contribution in [2.75, 3.05) is 49.5 Å². The lowest BCUT2D eigenvalue weighted by molar-refractivity contribution is -0.146. The Morgan fingerprint density at radius 2 is 1.90 bits per heavy atom. The molecular formula is C12H17F4N5. The molecule has 21 heavy (non-hydrogen) atoms. The maximum Gasteiger partial charge on any atom is 0.401 e. The Morgan fingerprint density at radius 1 is 1.24 bits per heavy atom. The summed E-state index contributed by atoms with van der Waals surface area (Å²) in [6.07, 6.45) is -3.14. The van der Waals surface area contributed by atoms with Crippen LogP contribution < -0.4 is 10.2 Å². The van der Waals surface area contributed by atoms with Crippen LogP contribution in [0.2, 0.25) is 0 Å². The van der Waals surface area contributed by atoms with E-state index in [1.807, 2.05) is 6.92 Å². The van der Waals surface area contributed by atoms with Crippen LogP contribution in [0.15, 0.2) is 6.20 Å². The van der Waals surface area contributed by atoms with Gasteiger partial charge in [0.25, 0.3) is 0 Å². The molecule has 1 aliphatic rings. The van der Waals surface area contributed by atoms with Crippen LogP contribution in [0.5, 0.6) is 0 Å². The van der Waals surface area contributed by atoms with E-state index in [0.29, 0.717) is 25.6 Å². The third-order valence-corrected chi connectivity index (χ3v) is 3.14. The molecule has 1 fully saturated rings. The molecule has 0 aliphatic carbocycles. The summed E-state index contributed by atoms with van der Waals surface area (Å²) in [6.45, 7) is 2.58. The average Bonchev–Trinajstić information content (AvgIpc) is 2.40. The van der Waals surface area contributed by atoms with E-state index in [1.54, 1.807) is 4.90 Å². The summed E-state index contributed by atoms with van der Waals surface area (Å²) in [6, 6.07) is 0. The minimum absolute atomic E-state index is 0.132. The van der Waals surface area contributed by atoms with Crippen LogP contribution in [0.25, 0.3) is 0 Å². The minimum Gasteiger partial charge on any atom is -0.354 e. The summed E-state index contributed by atoms with van der Waals surface area (Å²) in [5.74, 6) is -0.125. The maximum atomic E-state index is 13.8. The molecule has 0 amide bonds. The molecule has 1 N–H and O–H groups in total. The van der Waals surface area contributed by atoms with Gasteiger partial charge >= 0.3 is 6.18 Å². The third-order valence-electron chi connectivity index (χ3n) is 3.14. The second kappa shape index (κ2) is 6.42. The van der Waals surface area contributed by atoms with Crippen molar-refractivity contribution in [2.24, 2.45) is 0 Å². The number of nitrogens with zero attached hydrogens (tertiary/aromatic N) is 4. The highest BCUT2D eigenvalue weighted by Gasteiger charge is 2.32. The van der Waals surface area contributed by atoms with Gasteiger partial charge in [0.2, 0.25) is 5.95 Å². The van der Waals surface area contributed by atoms with Gasteiger partial charge < -0.3 is 10.2 Å². The molecule has 5 nitrogen and oxygen atoms in total. The summed E-state index contributed by atoms with van der Waals surface area (Å²) in [5, 5.41) is 2.88. The maximum absolute atomic E-state index is 13.8. The molecule has 1 saturated heterocycles.